The largest absolute Gasteiger partial charge is 0.497 e. The van der Waals surface area contributed by atoms with Gasteiger partial charge in [-0.05, 0) is 12.1 Å². The number of hydrogen-bond donors (Lipinski definition) is 2. The zero-order chi connectivity index (χ0) is 14.2. The van der Waals surface area contributed by atoms with Crippen LogP contribution in [-0.2, 0) is 11.2 Å². The molecule has 1 aromatic carbocycles. The third-order valence-corrected chi connectivity index (χ3v) is 2.65. The van der Waals surface area contributed by atoms with Gasteiger partial charge in [0.1, 0.15) is 17.3 Å². The monoisotopic (exact) mass is 275 g/mol. The highest BCUT2D eigenvalue weighted by Gasteiger charge is 2.03. The summed E-state index contributed by atoms with van der Waals surface area (Å²) >= 11 is 0. The zero-order valence-corrected chi connectivity index (χ0v) is 11.3. The van der Waals surface area contributed by atoms with Gasteiger partial charge in [0.25, 0.3) is 5.91 Å². The maximum absolute atomic E-state index is 11.6. The number of amides is 1. The minimum Gasteiger partial charge on any atom is -0.497 e. The average Bonchev–Trinajstić information content (AvgIpc) is 2.98. The predicted molar refractivity (Wildman–Crippen MR) is 73.8 cm³/mol. The highest BCUT2D eigenvalue weighted by molar-refractivity contribution is 5.77. The summed E-state index contributed by atoms with van der Waals surface area (Å²) in [6, 6.07) is 7.13. The van der Waals surface area contributed by atoms with E-state index in [1.54, 1.807) is 31.6 Å². The summed E-state index contributed by atoms with van der Waals surface area (Å²) in [5.74, 6) is 1.98. The van der Waals surface area contributed by atoms with E-state index in [0.717, 1.165) is 5.82 Å². The quantitative estimate of drug-likeness (QED) is 0.795. The van der Waals surface area contributed by atoms with Crippen LogP contribution in [0.1, 0.15) is 5.82 Å². The van der Waals surface area contributed by atoms with Crippen molar-refractivity contribution in [1.29, 1.82) is 0 Å². The van der Waals surface area contributed by atoms with Crippen molar-refractivity contribution in [3.8, 4) is 11.5 Å². The Morgan fingerprint density at radius 3 is 3.00 bits per heavy atom. The van der Waals surface area contributed by atoms with Crippen molar-refractivity contribution in [2.24, 2.45) is 0 Å². The summed E-state index contributed by atoms with van der Waals surface area (Å²) in [6.45, 7) is 0.499. The highest BCUT2D eigenvalue weighted by Crippen LogP contribution is 2.18. The van der Waals surface area contributed by atoms with Gasteiger partial charge in [0.15, 0.2) is 6.61 Å². The van der Waals surface area contributed by atoms with Gasteiger partial charge in [0.2, 0.25) is 0 Å². The van der Waals surface area contributed by atoms with Gasteiger partial charge in [0.05, 0.1) is 7.11 Å². The fraction of sp³-hybridized carbons (Fsp3) is 0.286. The third kappa shape index (κ3) is 4.31. The Labute approximate surface area is 117 Å². The first kappa shape index (κ1) is 13.9. The molecule has 0 unspecified atom stereocenters. The molecule has 106 valence electrons. The van der Waals surface area contributed by atoms with Gasteiger partial charge in [-0.1, -0.05) is 6.07 Å². The van der Waals surface area contributed by atoms with Crippen LogP contribution in [-0.4, -0.2) is 36.1 Å². The number of aromatic amines is 1. The van der Waals surface area contributed by atoms with E-state index < -0.39 is 0 Å². The van der Waals surface area contributed by atoms with Crippen molar-refractivity contribution in [2.75, 3.05) is 20.3 Å². The molecule has 0 radical (unpaired) electrons. The fourth-order valence-electron chi connectivity index (χ4n) is 1.65. The molecule has 2 N–H and O–H groups in total. The first-order chi connectivity index (χ1) is 9.78. The van der Waals surface area contributed by atoms with Gasteiger partial charge in [-0.25, -0.2) is 4.98 Å². The van der Waals surface area contributed by atoms with Crippen LogP contribution in [0.5, 0.6) is 11.5 Å². The lowest BCUT2D eigenvalue weighted by molar-refractivity contribution is -0.123. The first-order valence-electron chi connectivity index (χ1n) is 6.30. The average molecular weight is 275 g/mol. The lowest BCUT2D eigenvalue weighted by Crippen LogP contribution is -2.30. The molecule has 2 aromatic rings. The minimum atomic E-state index is -0.167. The molecule has 0 aliphatic carbocycles. The molecule has 0 bridgehead atoms. The van der Waals surface area contributed by atoms with Gasteiger partial charge in [-0.2, -0.15) is 0 Å². The standard InChI is InChI=1S/C14H17N3O3/c1-19-11-3-2-4-12(9-11)20-10-14(18)17-6-5-13-15-7-8-16-13/h2-4,7-9H,5-6,10H2,1H3,(H,15,16)(H,17,18). The first-order valence-corrected chi connectivity index (χ1v) is 6.30. The number of methoxy groups -OCH3 is 1. The Balaban J connectivity index is 1.69. The van der Waals surface area contributed by atoms with Gasteiger partial charge in [-0.3, -0.25) is 4.79 Å². The SMILES string of the molecule is COc1cccc(OCC(=O)NCCc2ncc[nH]2)c1. The number of nitrogens with one attached hydrogen (secondary N) is 2. The number of benzene rings is 1. The minimum absolute atomic E-state index is 0.0225. The summed E-state index contributed by atoms with van der Waals surface area (Å²) in [4.78, 5) is 18.6. The molecule has 1 amide bonds. The lowest BCUT2D eigenvalue weighted by atomic mass is 10.3. The van der Waals surface area contributed by atoms with E-state index in [4.69, 9.17) is 9.47 Å². The van der Waals surface area contributed by atoms with E-state index in [2.05, 4.69) is 15.3 Å². The van der Waals surface area contributed by atoms with Crippen molar-refractivity contribution in [3.63, 3.8) is 0 Å². The summed E-state index contributed by atoms with van der Waals surface area (Å²) in [5.41, 5.74) is 0. The second-order valence-electron chi connectivity index (χ2n) is 4.10. The Morgan fingerprint density at radius 2 is 2.25 bits per heavy atom. The smallest absolute Gasteiger partial charge is 0.257 e. The summed E-state index contributed by atoms with van der Waals surface area (Å²) in [5, 5.41) is 2.76. The molecule has 0 aliphatic heterocycles. The Bertz CT molecular complexity index is 540. The summed E-state index contributed by atoms with van der Waals surface area (Å²) in [6.07, 6.45) is 4.10. The summed E-state index contributed by atoms with van der Waals surface area (Å²) < 4.78 is 10.5. The lowest BCUT2D eigenvalue weighted by Gasteiger charge is -2.08. The van der Waals surface area contributed by atoms with Crippen LogP contribution >= 0.6 is 0 Å². The van der Waals surface area contributed by atoms with Crippen LogP contribution in [0.4, 0.5) is 0 Å². The number of rotatable bonds is 7. The molecular formula is C14H17N3O3. The maximum atomic E-state index is 11.6. The van der Waals surface area contributed by atoms with E-state index >= 15 is 0 Å². The van der Waals surface area contributed by atoms with Crippen LogP contribution in [0.2, 0.25) is 0 Å². The number of hydrogen-bond acceptors (Lipinski definition) is 4. The van der Waals surface area contributed by atoms with Crippen LogP contribution in [0.15, 0.2) is 36.7 Å². The van der Waals surface area contributed by atoms with Gasteiger partial charge in [-0.15, -0.1) is 0 Å². The number of H-pyrrole nitrogens is 1. The van der Waals surface area contributed by atoms with E-state index in [0.29, 0.717) is 24.5 Å². The van der Waals surface area contributed by atoms with Crippen molar-refractivity contribution >= 4 is 5.91 Å². The van der Waals surface area contributed by atoms with Crippen LogP contribution < -0.4 is 14.8 Å². The normalized spacial score (nSPS) is 10.1. The zero-order valence-electron chi connectivity index (χ0n) is 11.3. The van der Waals surface area contributed by atoms with Crippen molar-refractivity contribution in [2.45, 2.75) is 6.42 Å². The topological polar surface area (TPSA) is 76.2 Å². The molecule has 20 heavy (non-hydrogen) atoms. The van der Waals surface area contributed by atoms with E-state index in [1.807, 2.05) is 12.1 Å². The molecule has 0 fully saturated rings. The number of carbonyl (C=O) groups excluding carboxylic acids is 1. The molecule has 6 heteroatoms. The van der Waals surface area contributed by atoms with E-state index in [-0.39, 0.29) is 12.5 Å². The Kier molecular flexibility index (Phi) is 5.00. The Hall–Kier alpha value is -2.50. The molecule has 0 atom stereocenters. The molecule has 0 aliphatic rings. The summed E-state index contributed by atoms with van der Waals surface area (Å²) in [7, 11) is 1.58. The van der Waals surface area contributed by atoms with E-state index in [9.17, 15) is 4.79 Å². The molecule has 0 spiro atoms. The molecule has 1 heterocycles. The van der Waals surface area contributed by atoms with Gasteiger partial charge < -0.3 is 19.8 Å². The molecule has 1 aromatic heterocycles. The molecule has 0 saturated carbocycles. The second-order valence-corrected chi connectivity index (χ2v) is 4.10. The van der Waals surface area contributed by atoms with Gasteiger partial charge >= 0.3 is 0 Å². The molecule has 0 saturated heterocycles. The van der Waals surface area contributed by atoms with Crippen LogP contribution in [0.3, 0.4) is 0 Å². The Morgan fingerprint density at radius 1 is 1.40 bits per heavy atom. The van der Waals surface area contributed by atoms with Crippen LogP contribution in [0, 0.1) is 0 Å². The number of nitrogens with zero attached hydrogens (tertiary/aromatic N) is 1. The van der Waals surface area contributed by atoms with Crippen molar-refractivity contribution in [3.05, 3.63) is 42.5 Å². The second kappa shape index (κ2) is 7.18. The third-order valence-electron chi connectivity index (χ3n) is 2.65. The van der Waals surface area contributed by atoms with Crippen molar-refractivity contribution in [1.82, 2.24) is 15.3 Å². The predicted octanol–water partition coefficient (Wildman–Crippen LogP) is 1.16. The molecule has 6 nitrogen and oxygen atoms in total. The van der Waals surface area contributed by atoms with Crippen LogP contribution in [0.25, 0.3) is 0 Å². The fourth-order valence-corrected chi connectivity index (χ4v) is 1.65. The number of ether oxygens (including phenoxy) is 2. The van der Waals surface area contributed by atoms with E-state index in [1.165, 1.54) is 0 Å². The molecular weight excluding hydrogens is 258 g/mol. The molecule has 2 rings (SSSR count). The highest BCUT2D eigenvalue weighted by atomic mass is 16.5. The number of carbonyl (C=O) groups is 1. The maximum Gasteiger partial charge on any atom is 0.257 e. The number of imidazole rings is 1. The van der Waals surface area contributed by atoms with Gasteiger partial charge in [0, 0.05) is 31.4 Å². The number of aromatic nitrogens is 2. The van der Waals surface area contributed by atoms with Crippen molar-refractivity contribution < 1.29 is 14.3 Å².